The van der Waals surface area contributed by atoms with Gasteiger partial charge in [-0.2, -0.15) is 5.10 Å². The molecule has 0 unspecified atom stereocenters. The molecule has 150 valence electrons. The second kappa shape index (κ2) is 8.42. The fourth-order valence-corrected chi connectivity index (χ4v) is 2.77. The van der Waals surface area contributed by atoms with E-state index in [4.69, 9.17) is 18.6 Å². The summed E-state index contributed by atoms with van der Waals surface area (Å²) < 4.78 is 19.9. The maximum absolute atomic E-state index is 12.8. The number of ketones is 1. The second-order valence-electron chi connectivity index (χ2n) is 5.85. The molecule has 2 heterocycles. The number of allylic oxidation sites excluding steroid dienone is 1. The van der Waals surface area contributed by atoms with Crippen LogP contribution < -0.4 is 9.75 Å². The monoisotopic (exact) mass is 398 g/mol. The summed E-state index contributed by atoms with van der Waals surface area (Å²) in [5.74, 6) is -1.47. The number of furan rings is 1. The molecular weight excluding hydrogens is 380 g/mol. The fourth-order valence-electron chi connectivity index (χ4n) is 2.77. The van der Waals surface area contributed by atoms with Gasteiger partial charge in [0.05, 0.1) is 38.9 Å². The summed E-state index contributed by atoms with van der Waals surface area (Å²) in [6.45, 7) is 0. The molecule has 29 heavy (non-hydrogen) atoms. The molecule has 1 aromatic heterocycles. The molecule has 0 N–H and O–H groups in total. The number of benzene rings is 1. The van der Waals surface area contributed by atoms with Crippen molar-refractivity contribution in [3.8, 4) is 5.75 Å². The number of hydrazone groups is 1. The van der Waals surface area contributed by atoms with Gasteiger partial charge in [0.2, 0.25) is 5.78 Å². The normalized spacial score (nSPS) is 15.8. The molecule has 0 fully saturated rings. The molecule has 1 aromatic carbocycles. The highest BCUT2D eigenvalue weighted by Crippen LogP contribution is 2.29. The first-order chi connectivity index (χ1) is 14.0. The average molecular weight is 398 g/mol. The number of nitrogens with zero attached hydrogens (tertiary/aromatic N) is 2. The molecule has 0 saturated heterocycles. The van der Waals surface area contributed by atoms with Crippen LogP contribution in [0.25, 0.3) is 0 Å². The van der Waals surface area contributed by atoms with E-state index in [0.29, 0.717) is 11.4 Å². The molecule has 3 rings (SSSR count). The molecule has 1 atom stereocenters. The van der Waals surface area contributed by atoms with Gasteiger partial charge in [-0.1, -0.05) is 0 Å². The summed E-state index contributed by atoms with van der Waals surface area (Å²) in [5, 5.41) is 5.53. The summed E-state index contributed by atoms with van der Waals surface area (Å²) in [4.78, 5) is 37.7. The van der Waals surface area contributed by atoms with Crippen LogP contribution in [-0.2, 0) is 19.1 Å². The van der Waals surface area contributed by atoms with Gasteiger partial charge in [0.15, 0.2) is 11.8 Å². The van der Waals surface area contributed by atoms with Crippen molar-refractivity contribution in [2.45, 2.75) is 6.04 Å². The molecule has 1 aliphatic rings. The van der Waals surface area contributed by atoms with Gasteiger partial charge in [0.25, 0.3) is 0 Å². The Morgan fingerprint density at radius 1 is 1.03 bits per heavy atom. The molecule has 0 bridgehead atoms. The first kappa shape index (κ1) is 19.9. The van der Waals surface area contributed by atoms with Gasteiger partial charge in [-0.15, -0.1) is 0 Å². The van der Waals surface area contributed by atoms with E-state index in [9.17, 15) is 14.4 Å². The Labute approximate surface area is 166 Å². The van der Waals surface area contributed by atoms with E-state index in [1.165, 1.54) is 44.7 Å². The standard InChI is InChI=1S/C20H18N2O7/c1-26-13-8-6-12(7-9-13)22-17(20(25)28-3)14(19(24)27-2)11-15(21-22)18(23)16-5-4-10-29-16/h4-11,17H,1-3H3/t17-/m1/s1. The summed E-state index contributed by atoms with van der Waals surface area (Å²) in [6.07, 6.45) is 2.55. The van der Waals surface area contributed by atoms with E-state index in [0.717, 1.165) is 0 Å². The van der Waals surface area contributed by atoms with E-state index in [2.05, 4.69) is 5.10 Å². The van der Waals surface area contributed by atoms with E-state index >= 15 is 0 Å². The average Bonchev–Trinajstić information content (AvgIpc) is 3.31. The molecule has 9 nitrogen and oxygen atoms in total. The number of methoxy groups -OCH3 is 3. The molecule has 2 aromatic rings. The van der Waals surface area contributed by atoms with E-state index < -0.39 is 23.8 Å². The van der Waals surface area contributed by atoms with Crippen LogP contribution >= 0.6 is 0 Å². The van der Waals surface area contributed by atoms with Crippen LogP contribution in [-0.4, -0.2) is 50.8 Å². The Bertz CT molecular complexity index is 975. The second-order valence-corrected chi connectivity index (χ2v) is 5.85. The van der Waals surface area contributed by atoms with Crippen molar-refractivity contribution in [2.75, 3.05) is 26.3 Å². The van der Waals surface area contributed by atoms with Crippen LogP contribution in [0.1, 0.15) is 10.6 Å². The highest BCUT2D eigenvalue weighted by atomic mass is 16.5. The van der Waals surface area contributed by atoms with Gasteiger partial charge in [-0.3, -0.25) is 4.79 Å². The number of hydrogen-bond acceptors (Lipinski definition) is 9. The number of ether oxygens (including phenoxy) is 3. The quantitative estimate of drug-likeness (QED) is 0.537. The lowest BCUT2D eigenvalue weighted by Gasteiger charge is -2.31. The minimum Gasteiger partial charge on any atom is -0.497 e. The van der Waals surface area contributed by atoms with Gasteiger partial charge < -0.3 is 18.6 Å². The number of rotatable bonds is 6. The molecule has 1 aliphatic heterocycles. The summed E-state index contributed by atoms with van der Waals surface area (Å²) >= 11 is 0. The van der Waals surface area contributed by atoms with Crippen molar-refractivity contribution in [3.63, 3.8) is 0 Å². The van der Waals surface area contributed by atoms with Crippen molar-refractivity contribution in [1.29, 1.82) is 0 Å². The van der Waals surface area contributed by atoms with Gasteiger partial charge in [-0.25, -0.2) is 14.6 Å². The maximum atomic E-state index is 12.8. The predicted molar refractivity (Wildman–Crippen MR) is 102 cm³/mol. The van der Waals surface area contributed by atoms with Crippen LogP contribution in [0.3, 0.4) is 0 Å². The summed E-state index contributed by atoms with van der Waals surface area (Å²) in [6, 6.07) is 8.36. The molecule has 0 spiro atoms. The number of esters is 2. The highest BCUT2D eigenvalue weighted by Gasteiger charge is 2.40. The van der Waals surface area contributed by atoms with E-state index in [1.54, 1.807) is 30.3 Å². The lowest BCUT2D eigenvalue weighted by atomic mass is 10.00. The lowest BCUT2D eigenvalue weighted by Crippen LogP contribution is -2.46. The zero-order valence-corrected chi connectivity index (χ0v) is 15.9. The third kappa shape index (κ3) is 3.88. The van der Waals surface area contributed by atoms with E-state index in [1.807, 2.05) is 0 Å². The number of hydrogen-bond donors (Lipinski definition) is 0. The zero-order valence-electron chi connectivity index (χ0n) is 15.9. The minimum absolute atomic E-state index is 0.0374. The van der Waals surface area contributed by atoms with Gasteiger partial charge in [-0.05, 0) is 42.5 Å². The topological polar surface area (TPSA) is 108 Å². The van der Waals surface area contributed by atoms with Crippen LogP contribution in [0.2, 0.25) is 0 Å². The Kier molecular flexibility index (Phi) is 5.77. The fraction of sp³-hybridized carbons (Fsp3) is 0.200. The molecule has 9 heteroatoms. The SMILES string of the molecule is COC(=O)C1=CC(C(=O)c2ccco2)=NN(c2ccc(OC)cc2)[C@H]1C(=O)OC. The van der Waals surface area contributed by atoms with Crippen molar-refractivity contribution in [3.05, 3.63) is 60.1 Å². The first-order valence-corrected chi connectivity index (χ1v) is 8.48. The Hall–Kier alpha value is -3.88. The van der Waals surface area contributed by atoms with Gasteiger partial charge >= 0.3 is 11.9 Å². The number of Topliss-reactive ketones (excluding diaryl/α,β-unsaturated/α-hetero) is 1. The molecule has 0 aliphatic carbocycles. The van der Waals surface area contributed by atoms with Crippen molar-refractivity contribution in [1.82, 2.24) is 0 Å². The van der Waals surface area contributed by atoms with Crippen LogP contribution in [0.5, 0.6) is 5.75 Å². The maximum Gasteiger partial charge on any atom is 0.336 e. The van der Waals surface area contributed by atoms with Crippen molar-refractivity contribution < 1.29 is 33.0 Å². The first-order valence-electron chi connectivity index (χ1n) is 8.48. The lowest BCUT2D eigenvalue weighted by molar-refractivity contribution is -0.144. The zero-order chi connectivity index (χ0) is 21.0. The van der Waals surface area contributed by atoms with Gasteiger partial charge in [0, 0.05) is 0 Å². The third-order valence-corrected chi connectivity index (χ3v) is 4.21. The number of anilines is 1. The Balaban J connectivity index is 2.13. The third-order valence-electron chi connectivity index (χ3n) is 4.21. The summed E-state index contributed by atoms with van der Waals surface area (Å²) in [5.41, 5.74) is 0.233. The highest BCUT2D eigenvalue weighted by molar-refractivity contribution is 6.50. The Morgan fingerprint density at radius 3 is 2.31 bits per heavy atom. The predicted octanol–water partition coefficient (Wildman–Crippen LogP) is 1.99. The van der Waals surface area contributed by atoms with Crippen molar-refractivity contribution >= 4 is 29.1 Å². The minimum atomic E-state index is -1.24. The van der Waals surface area contributed by atoms with Crippen molar-refractivity contribution in [2.24, 2.45) is 5.10 Å². The summed E-state index contributed by atoms with van der Waals surface area (Å²) in [7, 11) is 3.88. The largest absolute Gasteiger partial charge is 0.497 e. The van der Waals surface area contributed by atoms with E-state index in [-0.39, 0.29) is 17.0 Å². The van der Waals surface area contributed by atoms with Crippen LogP contribution in [0, 0.1) is 0 Å². The Morgan fingerprint density at radius 2 is 1.76 bits per heavy atom. The molecule has 0 amide bonds. The number of carbonyl (C=O) groups excluding carboxylic acids is 3. The number of carbonyl (C=O) groups is 3. The molecule has 0 radical (unpaired) electrons. The van der Waals surface area contributed by atoms with Crippen LogP contribution in [0.15, 0.2) is 63.8 Å². The molecule has 0 saturated carbocycles. The van der Waals surface area contributed by atoms with Gasteiger partial charge in [0.1, 0.15) is 11.5 Å². The molecular formula is C20H18N2O7. The van der Waals surface area contributed by atoms with Crippen LogP contribution in [0.4, 0.5) is 5.69 Å². The smallest absolute Gasteiger partial charge is 0.336 e.